The number of alkyl halides is 2. The predicted molar refractivity (Wildman–Crippen MR) is 80.4 cm³/mol. The Hall–Kier alpha value is 0.200. The molecule has 0 spiro atoms. The highest BCUT2D eigenvalue weighted by Crippen LogP contribution is 2.56. The Bertz CT molecular complexity index is 311. The van der Waals surface area contributed by atoms with Gasteiger partial charge in [0.25, 0.3) is 0 Å². The van der Waals surface area contributed by atoms with Crippen LogP contribution in [0.2, 0.25) is 0 Å². The number of hydrogen-bond donors (Lipinski definition) is 0. The number of halogens is 2. The van der Waals surface area contributed by atoms with Crippen molar-refractivity contribution in [1.29, 1.82) is 0 Å². The summed E-state index contributed by atoms with van der Waals surface area (Å²) < 4.78 is 28.3. The molecule has 0 saturated carbocycles. The van der Waals surface area contributed by atoms with Gasteiger partial charge < -0.3 is 13.8 Å². The molecule has 0 saturated heterocycles. The molecule has 0 aromatic rings. The van der Waals surface area contributed by atoms with Crippen LogP contribution in [0, 0.1) is 0 Å². The molecule has 0 aromatic heterocycles. The minimum absolute atomic E-state index is 0.234. The van der Waals surface area contributed by atoms with Gasteiger partial charge in [-0.25, -0.2) is 0 Å². The van der Waals surface area contributed by atoms with Gasteiger partial charge in [-0.1, -0.05) is 26.7 Å². The Labute approximate surface area is 130 Å². The van der Waals surface area contributed by atoms with Crippen LogP contribution in [0.3, 0.4) is 0 Å². The molecule has 0 rings (SSSR count). The Kier molecular flexibility index (Phi) is 11.0. The minimum atomic E-state index is -3.71. The molecular weight excluding hydrogens is 326 g/mol. The lowest BCUT2D eigenvalue weighted by atomic mass is 10.4. The highest BCUT2D eigenvalue weighted by Gasteiger charge is 2.43. The summed E-state index contributed by atoms with van der Waals surface area (Å²) >= 11 is 11.5. The number of carbonyl (C=O) groups excluding carboxylic acids is 1. The third kappa shape index (κ3) is 7.84. The number of unbranched alkanes of at least 4 members (excludes halogenated alkanes) is 2. The maximum atomic E-state index is 12.7. The van der Waals surface area contributed by atoms with E-state index in [0.717, 1.165) is 12.8 Å². The third-order valence-corrected chi connectivity index (χ3v) is 5.27. The Morgan fingerprint density at radius 1 is 1.10 bits per heavy atom. The van der Waals surface area contributed by atoms with Gasteiger partial charge in [0, 0.05) is 6.92 Å². The van der Waals surface area contributed by atoms with Crippen molar-refractivity contribution in [2.75, 3.05) is 13.2 Å². The lowest BCUT2D eigenvalue weighted by Crippen LogP contribution is -2.26. The first kappa shape index (κ1) is 20.2. The first-order valence-electron chi connectivity index (χ1n) is 6.71. The fraction of sp³-hybridized carbons (Fsp3) is 0.917. The van der Waals surface area contributed by atoms with Crippen LogP contribution in [0.4, 0.5) is 0 Å². The van der Waals surface area contributed by atoms with E-state index < -0.39 is 24.2 Å². The van der Waals surface area contributed by atoms with E-state index in [4.69, 9.17) is 37.0 Å². The molecule has 0 bridgehead atoms. The second-order valence-electron chi connectivity index (χ2n) is 4.25. The van der Waals surface area contributed by atoms with Gasteiger partial charge in [-0.2, -0.15) is 0 Å². The maximum absolute atomic E-state index is 12.7. The average molecular weight is 349 g/mol. The zero-order chi connectivity index (χ0) is 15.6. The van der Waals surface area contributed by atoms with Crippen molar-refractivity contribution in [1.82, 2.24) is 0 Å². The van der Waals surface area contributed by atoms with E-state index in [1.165, 1.54) is 6.92 Å². The van der Waals surface area contributed by atoms with Crippen LogP contribution in [0.15, 0.2) is 0 Å². The van der Waals surface area contributed by atoms with E-state index in [2.05, 4.69) is 0 Å². The molecule has 0 heterocycles. The quantitative estimate of drug-likeness (QED) is 0.238. The lowest BCUT2D eigenvalue weighted by molar-refractivity contribution is -0.143. The fourth-order valence-electron chi connectivity index (χ4n) is 1.28. The predicted octanol–water partition coefficient (Wildman–Crippen LogP) is 4.51. The van der Waals surface area contributed by atoms with Gasteiger partial charge >= 0.3 is 13.6 Å². The molecule has 0 aliphatic heterocycles. The largest absolute Gasteiger partial charge is 0.447 e. The first-order valence-corrected chi connectivity index (χ1v) is 9.20. The fourth-order valence-corrected chi connectivity index (χ4v) is 3.90. The van der Waals surface area contributed by atoms with Crippen molar-refractivity contribution in [3.63, 3.8) is 0 Å². The average Bonchev–Trinajstić information content (AvgIpc) is 2.36. The third-order valence-electron chi connectivity index (χ3n) is 2.35. The van der Waals surface area contributed by atoms with Gasteiger partial charge in [0.2, 0.25) is 5.85 Å². The summed E-state index contributed by atoms with van der Waals surface area (Å²) in [5, 5.41) is 0. The van der Waals surface area contributed by atoms with Crippen LogP contribution in [0.1, 0.15) is 46.5 Å². The number of hydrogen-bond acceptors (Lipinski definition) is 5. The normalized spacial score (nSPS) is 13.5. The SMILES string of the molecule is CCCCOP(=O)(OCCCC)C(OC(C)=O)C(Cl)Cl. The molecule has 8 heteroatoms. The highest BCUT2D eigenvalue weighted by molar-refractivity contribution is 7.54. The summed E-state index contributed by atoms with van der Waals surface area (Å²) in [5.74, 6) is -1.95. The van der Waals surface area contributed by atoms with Crippen molar-refractivity contribution in [3.05, 3.63) is 0 Å². The second kappa shape index (κ2) is 10.9. The molecule has 1 unspecified atom stereocenters. The topological polar surface area (TPSA) is 61.8 Å². The van der Waals surface area contributed by atoms with Crippen LogP contribution in [0.5, 0.6) is 0 Å². The van der Waals surface area contributed by atoms with Crippen LogP contribution < -0.4 is 0 Å². The summed E-state index contributed by atoms with van der Waals surface area (Å²) in [6.45, 7) is 5.60. The molecule has 5 nitrogen and oxygen atoms in total. The summed E-state index contributed by atoms with van der Waals surface area (Å²) in [6.07, 6.45) is 3.17. The summed E-state index contributed by atoms with van der Waals surface area (Å²) in [6, 6.07) is 0. The monoisotopic (exact) mass is 348 g/mol. The summed E-state index contributed by atoms with van der Waals surface area (Å²) in [5.41, 5.74) is 0. The standard InChI is InChI=1S/C12H23Cl2O5P/c1-4-6-8-17-20(16,18-9-7-5-2)12(11(13)14)19-10(3)15/h11-12H,4-9H2,1-3H3. The van der Waals surface area contributed by atoms with E-state index in [1.807, 2.05) is 13.8 Å². The maximum Gasteiger partial charge on any atom is 0.373 e. The van der Waals surface area contributed by atoms with Gasteiger partial charge in [-0.3, -0.25) is 9.36 Å². The van der Waals surface area contributed by atoms with Crippen molar-refractivity contribution < 1.29 is 23.1 Å². The molecule has 1 atom stereocenters. The van der Waals surface area contributed by atoms with E-state index in [0.29, 0.717) is 12.8 Å². The molecule has 0 radical (unpaired) electrons. The van der Waals surface area contributed by atoms with E-state index in [-0.39, 0.29) is 13.2 Å². The summed E-state index contributed by atoms with van der Waals surface area (Å²) in [7, 11) is -3.71. The molecule has 120 valence electrons. The highest BCUT2D eigenvalue weighted by atomic mass is 35.5. The van der Waals surface area contributed by atoms with Gasteiger partial charge in [-0.05, 0) is 12.8 Å². The minimum Gasteiger partial charge on any atom is -0.447 e. The van der Waals surface area contributed by atoms with Crippen LogP contribution in [0.25, 0.3) is 0 Å². The smallest absolute Gasteiger partial charge is 0.373 e. The lowest BCUT2D eigenvalue weighted by Gasteiger charge is -2.27. The van der Waals surface area contributed by atoms with Crippen molar-refractivity contribution >= 4 is 36.8 Å². The number of ether oxygens (including phenoxy) is 1. The molecule has 0 amide bonds. The number of carbonyl (C=O) groups is 1. The molecule has 0 fully saturated rings. The first-order chi connectivity index (χ1) is 9.37. The van der Waals surface area contributed by atoms with Crippen molar-refractivity contribution in [3.8, 4) is 0 Å². The molecule has 0 N–H and O–H groups in total. The Morgan fingerprint density at radius 3 is 1.85 bits per heavy atom. The molecule has 0 aromatic carbocycles. The summed E-state index contributed by atoms with van der Waals surface area (Å²) in [4.78, 5) is 9.91. The molecule has 20 heavy (non-hydrogen) atoms. The zero-order valence-electron chi connectivity index (χ0n) is 12.1. The van der Waals surface area contributed by atoms with Gasteiger partial charge in [-0.15, -0.1) is 23.2 Å². The van der Waals surface area contributed by atoms with Crippen LogP contribution in [-0.4, -0.2) is 29.9 Å². The van der Waals surface area contributed by atoms with E-state index in [9.17, 15) is 9.36 Å². The van der Waals surface area contributed by atoms with Crippen molar-refractivity contribution in [2.45, 2.75) is 57.1 Å². The van der Waals surface area contributed by atoms with Gasteiger partial charge in [0.05, 0.1) is 13.2 Å². The molecule has 0 aliphatic carbocycles. The van der Waals surface area contributed by atoms with E-state index >= 15 is 0 Å². The number of rotatable bonds is 11. The zero-order valence-corrected chi connectivity index (χ0v) is 14.5. The molecule has 0 aliphatic rings. The Morgan fingerprint density at radius 2 is 1.55 bits per heavy atom. The van der Waals surface area contributed by atoms with Gasteiger partial charge in [0.1, 0.15) is 0 Å². The Balaban J connectivity index is 4.90. The van der Waals surface area contributed by atoms with Crippen molar-refractivity contribution in [2.24, 2.45) is 0 Å². The van der Waals surface area contributed by atoms with Gasteiger partial charge in [0.15, 0.2) is 4.84 Å². The van der Waals surface area contributed by atoms with Crippen LogP contribution in [-0.2, 0) is 23.1 Å². The van der Waals surface area contributed by atoms with E-state index in [1.54, 1.807) is 0 Å². The van der Waals surface area contributed by atoms with Crippen LogP contribution >= 0.6 is 30.8 Å². The molecular formula is C12H23Cl2O5P. The number of esters is 1. The second-order valence-corrected chi connectivity index (χ2v) is 7.52.